The van der Waals surface area contributed by atoms with E-state index in [1.165, 1.54) is 5.56 Å². The first-order valence-corrected chi connectivity index (χ1v) is 7.04. The van der Waals surface area contributed by atoms with Crippen LogP contribution in [0, 0.1) is 0 Å². The maximum atomic E-state index is 9.86. The summed E-state index contributed by atoms with van der Waals surface area (Å²) in [6.45, 7) is 4.30. The van der Waals surface area contributed by atoms with Crippen molar-refractivity contribution in [2.24, 2.45) is 0 Å². The SMILES string of the molecule is COCC(C)OCC(O)CN(C)Cc1ccsc1. The maximum absolute atomic E-state index is 9.86. The predicted octanol–water partition coefficient (Wildman–Crippen LogP) is 1.59. The number of rotatable bonds is 9. The largest absolute Gasteiger partial charge is 0.389 e. The number of likely N-dealkylation sites (N-methyl/N-ethyl adjacent to an activating group) is 1. The summed E-state index contributed by atoms with van der Waals surface area (Å²) in [5.41, 5.74) is 1.28. The zero-order valence-electron chi connectivity index (χ0n) is 11.3. The number of aliphatic hydroxyl groups is 1. The Hall–Kier alpha value is -0.460. The topological polar surface area (TPSA) is 41.9 Å². The van der Waals surface area contributed by atoms with E-state index in [-0.39, 0.29) is 6.10 Å². The molecule has 0 saturated carbocycles. The highest BCUT2D eigenvalue weighted by molar-refractivity contribution is 7.07. The molecule has 0 aliphatic carbocycles. The van der Waals surface area contributed by atoms with Gasteiger partial charge >= 0.3 is 0 Å². The van der Waals surface area contributed by atoms with E-state index in [2.05, 4.69) is 21.7 Å². The zero-order chi connectivity index (χ0) is 13.4. The van der Waals surface area contributed by atoms with Crippen LogP contribution in [0.2, 0.25) is 0 Å². The monoisotopic (exact) mass is 273 g/mol. The van der Waals surface area contributed by atoms with Crippen LogP contribution in [0.4, 0.5) is 0 Å². The summed E-state index contributed by atoms with van der Waals surface area (Å²) >= 11 is 1.69. The van der Waals surface area contributed by atoms with Crippen molar-refractivity contribution in [3.05, 3.63) is 22.4 Å². The summed E-state index contributed by atoms with van der Waals surface area (Å²) in [5.74, 6) is 0. The molecule has 0 aliphatic heterocycles. The van der Waals surface area contributed by atoms with Crippen LogP contribution in [0.15, 0.2) is 16.8 Å². The van der Waals surface area contributed by atoms with Crippen molar-refractivity contribution in [1.29, 1.82) is 0 Å². The van der Waals surface area contributed by atoms with Crippen LogP contribution in [0.5, 0.6) is 0 Å². The Bertz CT molecular complexity index is 305. The second-order valence-corrected chi connectivity index (χ2v) is 5.36. The molecule has 104 valence electrons. The average molecular weight is 273 g/mol. The van der Waals surface area contributed by atoms with Gasteiger partial charge in [0.05, 0.1) is 25.4 Å². The molecule has 1 heterocycles. The molecule has 2 unspecified atom stereocenters. The molecular formula is C13H23NO3S. The number of hydrogen-bond donors (Lipinski definition) is 1. The lowest BCUT2D eigenvalue weighted by molar-refractivity contribution is -0.0385. The van der Waals surface area contributed by atoms with E-state index in [1.54, 1.807) is 18.4 Å². The molecule has 0 saturated heterocycles. The molecule has 5 heteroatoms. The summed E-state index contributed by atoms with van der Waals surface area (Å²) in [7, 11) is 3.64. The lowest BCUT2D eigenvalue weighted by Gasteiger charge is -2.21. The van der Waals surface area contributed by atoms with Crippen molar-refractivity contribution in [2.75, 3.05) is 33.9 Å². The fourth-order valence-electron chi connectivity index (χ4n) is 1.73. The van der Waals surface area contributed by atoms with E-state index in [9.17, 15) is 5.11 Å². The van der Waals surface area contributed by atoms with Gasteiger partial charge in [0.1, 0.15) is 0 Å². The number of thiophene rings is 1. The number of methoxy groups -OCH3 is 1. The second-order valence-electron chi connectivity index (χ2n) is 4.58. The van der Waals surface area contributed by atoms with Gasteiger partial charge in [0.15, 0.2) is 0 Å². The average Bonchev–Trinajstić information content (AvgIpc) is 2.79. The molecule has 0 fully saturated rings. The Morgan fingerprint density at radius 2 is 2.22 bits per heavy atom. The van der Waals surface area contributed by atoms with Gasteiger partial charge in [0.25, 0.3) is 0 Å². The van der Waals surface area contributed by atoms with Gasteiger partial charge in [0.2, 0.25) is 0 Å². The number of ether oxygens (including phenoxy) is 2. The van der Waals surface area contributed by atoms with E-state index in [0.29, 0.717) is 19.8 Å². The third kappa shape index (κ3) is 6.47. The van der Waals surface area contributed by atoms with E-state index in [1.807, 2.05) is 14.0 Å². The van der Waals surface area contributed by atoms with Gasteiger partial charge < -0.3 is 14.6 Å². The maximum Gasteiger partial charge on any atom is 0.0900 e. The first-order valence-electron chi connectivity index (χ1n) is 6.10. The Labute approximate surface area is 113 Å². The molecule has 18 heavy (non-hydrogen) atoms. The van der Waals surface area contributed by atoms with Crippen LogP contribution in [0.3, 0.4) is 0 Å². The summed E-state index contributed by atoms with van der Waals surface area (Å²) in [6.07, 6.45) is -0.445. The van der Waals surface area contributed by atoms with E-state index in [4.69, 9.17) is 9.47 Å². The van der Waals surface area contributed by atoms with Crippen LogP contribution in [-0.4, -0.2) is 56.1 Å². The van der Waals surface area contributed by atoms with E-state index >= 15 is 0 Å². The van der Waals surface area contributed by atoms with Crippen molar-refractivity contribution in [3.63, 3.8) is 0 Å². The lowest BCUT2D eigenvalue weighted by Crippen LogP contribution is -2.33. The molecule has 0 aromatic carbocycles. The van der Waals surface area contributed by atoms with Crippen LogP contribution in [-0.2, 0) is 16.0 Å². The van der Waals surface area contributed by atoms with Crippen LogP contribution in [0.1, 0.15) is 12.5 Å². The van der Waals surface area contributed by atoms with Crippen molar-refractivity contribution < 1.29 is 14.6 Å². The normalized spacial score (nSPS) is 14.9. The standard InChI is InChI=1S/C13H23NO3S/c1-11(8-16-3)17-9-13(15)7-14(2)6-12-4-5-18-10-12/h4-5,10-11,13,15H,6-9H2,1-3H3. The van der Waals surface area contributed by atoms with Gasteiger partial charge in [-0.1, -0.05) is 0 Å². The Balaban J connectivity index is 2.16. The second kappa shape index (κ2) is 8.61. The van der Waals surface area contributed by atoms with Gasteiger partial charge in [-0.3, -0.25) is 4.90 Å². The lowest BCUT2D eigenvalue weighted by atomic mass is 10.3. The molecule has 0 amide bonds. The summed E-state index contributed by atoms with van der Waals surface area (Å²) in [6, 6.07) is 2.10. The molecule has 4 nitrogen and oxygen atoms in total. The van der Waals surface area contributed by atoms with Gasteiger partial charge in [-0.15, -0.1) is 0 Å². The molecule has 1 N–H and O–H groups in total. The van der Waals surface area contributed by atoms with Crippen LogP contribution in [0.25, 0.3) is 0 Å². The fraction of sp³-hybridized carbons (Fsp3) is 0.692. The zero-order valence-corrected chi connectivity index (χ0v) is 12.2. The minimum atomic E-state index is -0.465. The summed E-state index contributed by atoms with van der Waals surface area (Å²) < 4.78 is 10.5. The Kier molecular flexibility index (Phi) is 7.46. The highest BCUT2D eigenvalue weighted by Crippen LogP contribution is 2.08. The summed E-state index contributed by atoms with van der Waals surface area (Å²) in [5, 5.41) is 14.1. The first-order chi connectivity index (χ1) is 8.61. The predicted molar refractivity (Wildman–Crippen MR) is 73.9 cm³/mol. The molecule has 0 radical (unpaired) electrons. The van der Waals surface area contributed by atoms with Crippen molar-refractivity contribution in [3.8, 4) is 0 Å². The molecule has 2 atom stereocenters. The molecule has 0 bridgehead atoms. The minimum absolute atomic E-state index is 0.0202. The number of aliphatic hydroxyl groups excluding tert-OH is 1. The smallest absolute Gasteiger partial charge is 0.0900 e. The van der Waals surface area contributed by atoms with Crippen molar-refractivity contribution in [1.82, 2.24) is 4.90 Å². The molecule has 0 spiro atoms. The summed E-state index contributed by atoms with van der Waals surface area (Å²) in [4.78, 5) is 2.09. The third-order valence-corrected chi connectivity index (χ3v) is 3.26. The molecule has 1 aromatic rings. The Morgan fingerprint density at radius 1 is 1.44 bits per heavy atom. The van der Waals surface area contributed by atoms with Gasteiger partial charge in [-0.25, -0.2) is 0 Å². The molecule has 0 aliphatic rings. The molecule has 1 aromatic heterocycles. The van der Waals surface area contributed by atoms with E-state index in [0.717, 1.165) is 6.54 Å². The highest BCUT2D eigenvalue weighted by atomic mass is 32.1. The quantitative estimate of drug-likeness (QED) is 0.742. The van der Waals surface area contributed by atoms with Gasteiger partial charge in [0, 0.05) is 20.2 Å². The minimum Gasteiger partial charge on any atom is -0.389 e. The van der Waals surface area contributed by atoms with Crippen LogP contribution >= 0.6 is 11.3 Å². The molecule has 1 rings (SSSR count). The Morgan fingerprint density at radius 3 is 2.83 bits per heavy atom. The third-order valence-electron chi connectivity index (χ3n) is 2.53. The van der Waals surface area contributed by atoms with Gasteiger partial charge in [-0.05, 0) is 36.4 Å². The van der Waals surface area contributed by atoms with Crippen molar-refractivity contribution >= 4 is 11.3 Å². The highest BCUT2D eigenvalue weighted by Gasteiger charge is 2.11. The first kappa shape index (κ1) is 15.6. The van der Waals surface area contributed by atoms with Crippen LogP contribution < -0.4 is 0 Å². The fourth-order valence-corrected chi connectivity index (χ4v) is 2.39. The number of nitrogens with zero attached hydrogens (tertiary/aromatic N) is 1. The number of hydrogen-bond acceptors (Lipinski definition) is 5. The van der Waals surface area contributed by atoms with E-state index < -0.39 is 6.10 Å². The van der Waals surface area contributed by atoms with Crippen molar-refractivity contribution in [2.45, 2.75) is 25.7 Å². The van der Waals surface area contributed by atoms with Gasteiger partial charge in [-0.2, -0.15) is 11.3 Å². The molecular weight excluding hydrogens is 250 g/mol.